The van der Waals surface area contributed by atoms with Gasteiger partial charge in [0.05, 0.1) is 19.7 Å². The van der Waals surface area contributed by atoms with E-state index < -0.39 is 0 Å². The molecule has 2 rings (SSSR count). The highest BCUT2D eigenvalue weighted by Crippen LogP contribution is 2.29. The minimum atomic E-state index is 0.793. The summed E-state index contributed by atoms with van der Waals surface area (Å²) in [5.74, 6) is 0.964. The van der Waals surface area contributed by atoms with Gasteiger partial charge in [0.15, 0.2) is 0 Å². The maximum absolute atomic E-state index is 4.13. The van der Waals surface area contributed by atoms with Crippen LogP contribution in [0.15, 0.2) is 4.99 Å². The molecule has 0 aromatic heterocycles. The van der Waals surface area contributed by atoms with E-state index in [9.17, 15) is 0 Å². The fraction of sp³-hybridized carbons (Fsp3) is 0.857. The van der Waals surface area contributed by atoms with Crippen LogP contribution >= 0.6 is 0 Å². The van der Waals surface area contributed by atoms with Gasteiger partial charge in [0.25, 0.3) is 0 Å². The van der Waals surface area contributed by atoms with Crippen molar-refractivity contribution >= 4 is 6.34 Å². The normalized spacial score (nSPS) is 25.4. The Kier molecular flexibility index (Phi) is 1.59. The molecular formula is C7H13N3. The first kappa shape index (κ1) is 6.16. The summed E-state index contributed by atoms with van der Waals surface area (Å²) >= 11 is 0. The molecule has 0 unspecified atom stereocenters. The van der Waals surface area contributed by atoms with Crippen LogP contribution in [0.25, 0.3) is 0 Å². The number of nitrogens with one attached hydrogen (secondary N) is 1. The fourth-order valence-electron chi connectivity index (χ4n) is 1.20. The van der Waals surface area contributed by atoms with E-state index in [1.54, 1.807) is 0 Å². The Morgan fingerprint density at radius 3 is 3.10 bits per heavy atom. The molecule has 1 aliphatic heterocycles. The number of nitrogens with zero attached hydrogens (tertiary/aromatic N) is 2. The van der Waals surface area contributed by atoms with Gasteiger partial charge in [-0.05, 0) is 18.8 Å². The molecule has 0 amide bonds. The first-order valence-corrected chi connectivity index (χ1v) is 3.90. The molecule has 1 saturated carbocycles. The second kappa shape index (κ2) is 2.58. The SMILES string of the molecule is C1=NCNCN1CC1CC1. The molecule has 0 bridgehead atoms. The van der Waals surface area contributed by atoms with Crippen LogP contribution in [0.3, 0.4) is 0 Å². The highest BCUT2D eigenvalue weighted by molar-refractivity contribution is 5.55. The Morgan fingerprint density at radius 1 is 1.60 bits per heavy atom. The van der Waals surface area contributed by atoms with Crippen molar-refractivity contribution in [2.75, 3.05) is 19.9 Å². The number of hydrogen-bond acceptors (Lipinski definition) is 3. The van der Waals surface area contributed by atoms with Gasteiger partial charge in [0.2, 0.25) is 0 Å². The Balaban J connectivity index is 1.78. The number of rotatable bonds is 2. The summed E-state index contributed by atoms with van der Waals surface area (Å²) < 4.78 is 0. The highest BCUT2D eigenvalue weighted by atomic mass is 15.3. The van der Waals surface area contributed by atoms with Gasteiger partial charge in [0.1, 0.15) is 0 Å². The first-order valence-electron chi connectivity index (χ1n) is 3.90. The molecule has 0 aromatic rings. The molecule has 1 N–H and O–H groups in total. The molecule has 1 aliphatic carbocycles. The maximum Gasteiger partial charge on any atom is 0.0915 e. The predicted octanol–water partition coefficient (Wildman–Crippen LogP) is 0.245. The van der Waals surface area contributed by atoms with Crippen molar-refractivity contribution in [1.29, 1.82) is 0 Å². The molecule has 3 nitrogen and oxygen atoms in total. The molecule has 3 heteroatoms. The average molecular weight is 139 g/mol. The number of hydrogen-bond donors (Lipinski definition) is 1. The Morgan fingerprint density at radius 2 is 2.50 bits per heavy atom. The van der Waals surface area contributed by atoms with Crippen LogP contribution in [0.5, 0.6) is 0 Å². The second-order valence-corrected chi connectivity index (χ2v) is 3.08. The van der Waals surface area contributed by atoms with E-state index >= 15 is 0 Å². The molecule has 10 heavy (non-hydrogen) atoms. The largest absolute Gasteiger partial charge is 0.350 e. The van der Waals surface area contributed by atoms with Gasteiger partial charge in [-0.15, -0.1) is 0 Å². The topological polar surface area (TPSA) is 27.6 Å². The van der Waals surface area contributed by atoms with E-state index in [0.29, 0.717) is 0 Å². The molecule has 1 heterocycles. The summed E-state index contributed by atoms with van der Waals surface area (Å²) in [7, 11) is 0. The van der Waals surface area contributed by atoms with Crippen molar-refractivity contribution in [3.8, 4) is 0 Å². The number of aliphatic imine (C=N–C) groups is 1. The third-order valence-electron chi connectivity index (χ3n) is 1.95. The van der Waals surface area contributed by atoms with Crippen LogP contribution in [-0.4, -0.2) is 31.1 Å². The van der Waals surface area contributed by atoms with Gasteiger partial charge < -0.3 is 4.90 Å². The molecule has 0 saturated heterocycles. The molecule has 2 aliphatic rings. The van der Waals surface area contributed by atoms with Crippen LogP contribution < -0.4 is 5.32 Å². The van der Waals surface area contributed by atoms with Crippen LogP contribution in [0.2, 0.25) is 0 Å². The third-order valence-corrected chi connectivity index (χ3v) is 1.95. The van der Waals surface area contributed by atoms with Gasteiger partial charge >= 0.3 is 0 Å². The third kappa shape index (κ3) is 1.48. The Hall–Kier alpha value is -0.570. The zero-order chi connectivity index (χ0) is 6.81. The van der Waals surface area contributed by atoms with Crippen LogP contribution in [-0.2, 0) is 0 Å². The first-order chi connectivity index (χ1) is 4.95. The second-order valence-electron chi connectivity index (χ2n) is 3.08. The van der Waals surface area contributed by atoms with Crippen LogP contribution in [0, 0.1) is 5.92 Å². The zero-order valence-corrected chi connectivity index (χ0v) is 6.08. The highest BCUT2D eigenvalue weighted by Gasteiger charge is 2.23. The van der Waals surface area contributed by atoms with E-state index in [1.165, 1.54) is 19.4 Å². The molecule has 0 radical (unpaired) electrons. The van der Waals surface area contributed by atoms with E-state index in [4.69, 9.17) is 0 Å². The lowest BCUT2D eigenvalue weighted by Crippen LogP contribution is -2.38. The molecule has 0 atom stereocenters. The van der Waals surface area contributed by atoms with Crippen molar-refractivity contribution in [3.63, 3.8) is 0 Å². The van der Waals surface area contributed by atoms with Gasteiger partial charge in [-0.3, -0.25) is 10.3 Å². The summed E-state index contributed by atoms with van der Waals surface area (Å²) in [6, 6.07) is 0. The summed E-state index contributed by atoms with van der Waals surface area (Å²) in [6.45, 7) is 2.98. The van der Waals surface area contributed by atoms with Crippen molar-refractivity contribution < 1.29 is 0 Å². The van der Waals surface area contributed by atoms with Crippen molar-refractivity contribution in [2.45, 2.75) is 12.8 Å². The quantitative estimate of drug-likeness (QED) is 0.593. The standard InChI is InChI=1S/C7H13N3/c1-2-7(1)3-10-5-8-4-9-6-10/h5,7,9H,1-4,6H2. The molecule has 0 aromatic carbocycles. The molecular weight excluding hydrogens is 126 g/mol. The van der Waals surface area contributed by atoms with Gasteiger partial charge in [-0.1, -0.05) is 0 Å². The summed E-state index contributed by atoms with van der Waals surface area (Å²) in [6.07, 6.45) is 4.81. The molecule has 0 spiro atoms. The summed E-state index contributed by atoms with van der Waals surface area (Å²) in [4.78, 5) is 6.38. The lowest BCUT2D eigenvalue weighted by molar-refractivity contribution is 0.360. The average Bonchev–Trinajstić information content (AvgIpc) is 2.74. The maximum atomic E-state index is 4.13. The van der Waals surface area contributed by atoms with Crippen molar-refractivity contribution in [2.24, 2.45) is 10.9 Å². The minimum absolute atomic E-state index is 0.793. The van der Waals surface area contributed by atoms with Gasteiger partial charge in [0, 0.05) is 6.54 Å². The Bertz CT molecular complexity index is 140. The molecule has 1 fully saturated rings. The zero-order valence-electron chi connectivity index (χ0n) is 6.08. The fourth-order valence-corrected chi connectivity index (χ4v) is 1.20. The summed E-state index contributed by atoms with van der Waals surface area (Å²) in [5, 5.41) is 3.20. The lowest BCUT2D eigenvalue weighted by atomic mass is 10.4. The van der Waals surface area contributed by atoms with E-state index in [2.05, 4.69) is 15.2 Å². The lowest BCUT2D eigenvalue weighted by Gasteiger charge is -2.22. The van der Waals surface area contributed by atoms with E-state index in [0.717, 1.165) is 19.3 Å². The van der Waals surface area contributed by atoms with Gasteiger partial charge in [-0.2, -0.15) is 0 Å². The summed E-state index contributed by atoms with van der Waals surface area (Å²) in [5.41, 5.74) is 0. The predicted molar refractivity (Wildman–Crippen MR) is 40.8 cm³/mol. The monoisotopic (exact) mass is 139 g/mol. The molecule has 56 valence electrons. The van der Waals surface area contributed by atoms with Crippen LogP contribution in [0.1, 0.15) is 12.8 Å². The Labute approximate surface area is 61.1 Å². The van der Waals surface area contributed by atoms with E-state index in [-0.39, 0.29) is 0 Å². The van der Waals surface area contributed by atoms with E-state index in [1.807, 2.05) is 6.34 Å². The minimum Gasteiger partial charge on any atom is -0.350 e. The smallest absolute Gasteiger partial charge is 0.0915 e. The van der Waals surface area contributed by atoms with Gasteiger partial charge in [-0.25, -0.2) is 0 Å². The van der Waals surface area contributed by atoms with Crippen molar-refractivity contribution in [3.05, 3.63) is 0 Å². The van der Waals surface area contributed by atoms with Crippen LogP contribution in [0.4, 0.5) is 0 Å². The van der Waals surface area contributed by atoms with Crippen molar-refractivity contribution in [1.82, 2.24) is 10.2 Å².